The van der Waals surface area contributed by atoms with Crippen LogP contribution in [0.5, 0.6) is 0 Å². The normalized spacial score (nSPS) is 21.5. The van der Waals surface area contributed by atoms with Crippen LogP contribution in [-0.4, -0.2) is 42.1 Å². The summed E-state index contributed by atoms with van der Waals surface area (Å²) >= 11 is 0. The minimum atomic E-state index is -1.64. The molecular weight excluding hydrogens is 303 g/mol. The van der Waals surface area contributed by atoms with Gasteiger partial charge in [0.2, 0.25) is 5.91 Å². The number of halogens is 3. The topological polar surface area (TPSA) is 66.8 Å². The van der Waals surface area contributed by atoms with E-state index in [4.69, 9.17) is 4.74 Å². The molecule has 8 heteroatoms. The van der Waals surface area contributed by atoms with Gasteiger partial charge in [-0.25, -0.2) is 13.2 Å². The summed E-state index contributed by atoms with van der Waals surface area (Å²) in [4.78, 5) is 24.5. The average Bonchev–Trinajstić information content (AvgIpc) is 2.79. The Bertz CT molecular complexity index is 585. The quantitative estimate of drug-likeness (QED) is 0.840. The summed E-state index contributed by atoms with van der Waals surface area (Å²) in [6.45, 7) is 0.213. The lowest BCUT2D eigenvalue weighted by atomic mass is 9.93. The molecular formula is C14H14F3NO4. The number of aliphatic carboxylic acids is 1. The minimum absolute atomic E-state index is 0.0738. The number of hydrogen-bond acceptors (Lipinski definition) is 3. The lowest BCUT2D eigenvalue weighted by Gasteiger charge is -2.27. The van der Waals surface area contributed by atoms with Gasteiger partial charge in [0, 0.05) is 20.1 Å². The third-order valence-corrected chi connectivity index (χ3v) is 3.63. The highest BCUT2D eigenvalue weighted by Gasteiger charge is 2.44. The fourth-order valence-corrected chi connectivity index (χ4v) is 2.62. The van der Waals surface area contributed by atoms with Crippen LogP contribution in [-0.2, 0) is 14.3 Å². The Balaban J connectivity index is 2.45. The van der Waals surface area contributed by atoms with Crippen LogP contribution >= 0.6 is 0 Å². The van der Waals surface area contributed by atoms with Crippen LogP contribution in [0.15, 0.2) is 12.1 Å². The molecule has 0 saturated carbocycles. The predicted octanol–water partition coefficient (Wildman–Crippen LogP) is 1.72. The van der Waals surface area contributed by atoms with Crippen LogP contribution in [0.25, 0.3) is 0 Å². The molecule has 1 amide bonds. The number of carbonyl (C=O) groups is 2. The monoisotopic (exact) mass is 317 g/mol. The van der Waals surface area contributed by atoms with Gasteiger partial charge in [0.05, 0.1) is 18.6 Å². The van der Waals surface area contributed by atoms with E-state index in [1.807, 2.05) is 0 Å². The number of carboxylic acid groups (broad SMARTS) is 1. The molecule has 2 atom stereocenters. The molecule has 0 spiro atoms. The van der Waals surface area contributed by atoms with Crippen LogP contribution in [0.1, 0.15) is 18.0 Å². The summed E-state index contributed by atoms with van der Waals surface area (Å²) in [6.07, 6.45) is -0.287. The number of hydrogen-bond donors (Lipinski definition) is 1. The van der Waals surface area contributed by atoms with Crippen molar-refractivity contribution < 1.29 is 32.6 Å². The number of ether oxygens (including phenoxy) is 1. The number of likely N-dealkylation sites (tertiary alicyclic amines) is 1. The summed E-state index contributed by atoms with van der Waals surface area (Å²) in [5.41, 5.74) is -0.0919. The maximum Gasteiger partial charge on any atom is 0.309 e. The second kappa shape index (κ2) is 6.35. The molecule has 5 nitrogen and oxygen atoms in total. The first-order valence-electron chi connectivity index (χ1n) is 6.52. The van der Waals surface area contributed by atoms with Crippen LogP contribution in [0.2, 0.25) is 0 Å². The van der Waals surface area contributed by atoms with E-state index in [0.29, 0.717) is 0 Å². The van der Waals surface area contributed by atoms with Crippen molar-refractivity contribution in [3.05, 3.63) is 35.1 Å². The molecule has 0 bridgehead atoms. The third kappa shape index (κ3) is 2.92. The Morgan fingerprint density at radius 2 is 1.95 bits per heavy atom. The van der Waals surface area contributed by atoms with Gasteiger partial charge in [-0.05, 0) is 17.7 Å². The van der Waals surface area contributed by atoms with E-state index in [2.05, 4.69) is 0 Å². The van der Waals surface area contributed by atoms with Crippen LogP contribution in [0.4, 0.5) is 13.2 Å². The van der Waals surface area contributed by atoms with Crippen molar-refractivity contribution in [1.29, 1.82) is 0 Å². The van der Waals surface area contributed by atoms with Crippen molar-refractivity contribution in [2.24, 2.45) is 5.92 Å². The lowest BCUT2D eigenvalue weighted by molar-refractivity contribution is -0.142. The van der Waals surface area contributed by atoms with Crippen molar-refractivity contribution in [3.63, 3.8) is 0 Å². The number of methoxy groups -OCH3 is 1. The van der Waals surface area contributed by atoms with E-state index in [-0.39, 0.29) is 25.1 Å². The Labute approximate surface area is 124 Å². The fourth-order valence-electron chi connectivity index (χ4n) is 2.62. The lowest BCUT2D eigenvalue weighted by Crippen LogP contribution is -2.33. The van der Waals surface area contributed by atoms with E-state index in [1.165, 1.54) is 12.0 Å². The SMILES string of the molecule is COCCN1C(=O)C[C@H](C(=O)O)[C@H]1c1cc(F)c(F)c(F)c1. The second-order valence-corrected chi connectivity index (χ2v) is 4.97. The molecule has 2 rings (SSSR count). The molecule has 0 aromatic heterocycles. The first-order chi connectivity index (χ1) is 10.4. The van der Waals surface area contributed by atoms with Crippen molar-refractivity contribution in [2.75, 3.05) is 20.3 Å². The molecule has 1 saturated heterocycles. The number of carbonyl (C=O) groups excluding carboxylic acids is 1. The summed E-state index contributed by atoms with van der Waals surface area (Å²) in [6, 6.07) is 0.374. The second-order valence-electron chi connectivity index (χ2n) is 4.97. The van der Waals surface area contributed by atoms with Gasteiger partial charge in [0.25, 0.3) is 0 Å². The van der Waals surface area contributed by atoms with Gasteiger partial charge in [-0.1, -0.05) is 0 Å². The summed E-state index contributed by atoms with van der Waals surface area (Å²) < 4.78 is 44.7. The Hall–Kier alpha value is -2.09. The van der Waals surface area contributed by atoms with E-state index >= 15 is 0 Å². The van der Waals surface area contributed by atoms with Gasteiger partial charge in [-0.15, -0.1) is 0 Å². The molecule has 1 heterocycles. The maximum absolute atomic E-state index is 13.4. The van der Waals surface area contributed by atoms with Gasteiger partial charge in [-0.2, -0.15) is 0 Å². The van der Waals surface area contributed by atoms with Crippen LogP contribution in [0.3, 0.4) is 0 Å². The van der Waals surface area contributed by atoms with E-state index in [9.17, 15) is 27.9 Å². The van der Waals surface area contributed by atoms with Gasteiger partial charge in [-0.3, -0.25) is 9.59 Å². The summed E-state index contributed by atoms with van der Waals surface area (Å²) in [5, 5.41) is 9.23. The average molecular weight is 317 g/mol. The number of benzene rings is 1. The Morgan fingerprint density at radius 1 is 1.36 bits per heavy atom. The van der Waals surface area contributed by atoms with Crippen LogP contribution in [0, 0.1) is 23.4 Å². The molecule has 1 aromatic rings. The highest BCUT2D eigenvalue weighted by molar-refractivity contribution is 5.87. The first-order valence-corrected chi connectivity index (χ1v) is 6.52. The first kappa shape index (κ1) is 16.3. The van der Waals surface area contributed by atoms with Crippen molar-refractivity contribution in [1.82, 2.24) is 4.90 Å². The smallest absolute Gasteiger partial charge is 0.309 e. The predicted molar refractivity (Wildman–Crippen MR) is 68.4 cm³/mol. The molecule has 1 aliphatic rings. The fraction of sp³-hybridized carbons (Fsp3) is 0.429. The van der Waals surface area contributed by atoms with E-state index < -0.39 is 41.3 Å². The largest absolute Gasteiger partial charge is 0.481 e. The van der Waals surface area contributed by atoms with Gasteiger partial charge in [0.1, 0.15) is 0 Å². The van der Waals surface area contributed by atoms with E-state index in [0.717, 1.165) is 12.1 Å². The zero-order valence-corrected chi connectivity index (χ0v) is 11.7. The van der Waals surface area contributed by atoms with Gasteiger partial charge in [0.15, 0.2) is 17.5 Å². The number of rotatable bonds is 5. The molecule has 1 aromatic carbocycles. The zero-order chi connectivity index (χ0) is 16.4. The molecule has 22 heavy (non-hydrogen) atoms. The number of amides is 1. The molecule has 0 radical (unpaired) electrons. The molecule has 0 aliphatic carbocycles. The van der Waals surface area contributed by atoms with Crippen LogP contribution < -0.4 is 0 Å². The molecule has 120 valence electrons. The van der Waals surface area contributed by atoms with Gasteiger partial charge < -0.3 is 14.7 Å². The third-order valence-electron chi connectivity index (χ3n) is 3.63. The van der Waals surface area contributed by atoms with E-state index in [1.54, 1.807) is 0 Å². The van der Waals surface area contributed by atoms with Gasteiger partial charge >= 0.3 is 5.97 Å². The Morgan fingerprint density at radius 3 is 2.45 bits per heavy atom. The molecule has 1 fully saturated rings. The highest BCUT2D eigenvalue weighted by atomic mass is 19.2. The number of nitrogens with zero attached hydrogens (tertiary/aromatic N) is 1. The highest BCUT2D eigenvalue weighted by Crippen LogP contribution is 2.38. The van der Waals surface area contributed by atoms with Crippen molar-refractivity contribution in [2.45, 2.75) is 12.5 Å². The standard InChI is InChI=1S/C14H14F3NO4/c1-22-3-2-18-11(19)6-8(14(20)21)13(18)7-4-9(15)12(17)10(16)5-7/h4-5,8,13H,2-3,6H2,1H3,(H,20,21)/t8-,13+/m0/s1. The van der Waals surface area contributed by atoms with Crippen molar-refractivity contribution >= 4 is 11.9 Å². The van der Waals surface area contributed by atoms with Crippen molar-refractivity contribution in [3.8, 4) is 0 Å². The maximum atomic E-state index is 13.4. The summed E-state index contributed by atoms with van der Waals surface area (Å²) in [7, 11) is 1.40. The molecule has 0 unspecified atom stereocenters. The Kier molecular flexibility index (Phi) is 4.70. The molecule has 1 aliphatic heterocycles. The zero-order valence-electron chi connectivity index (χ0n) is 11.7. The summed E-state index contributed by atoms with van der Waals surface area (Å²) in [5.74, 6) is -7.37. The number of carboxylic acids is 1. The minimum Gasteiger partial charge on any atom is -0.481 e. The molecule has 1 N–H and O–H groups in total.